The molecule has 0 bridgehead atoms. The Morgan fingerprint density at radius 3 is 2.82 bits per heavy atom. The lowest BCUT2D eigenvalue weighted by Crippen LogP contribution is -2.35. The lowest BCUT2D eigenvalue weighted by molar-refractivity contribution is 0.281. The summed E-state index contributed by atoms with van der Waals surface area (Å²) in [7, 11) is 0. The molecule has 2 atom stereocenters. The number of hydrogen-bond acceptors (Lipinski definition) is 3. The maximum absolute atomic E-state index is 4.43. The summed E-state index contributed by atoms with van der Waals surface area (Å²) in [6.45, 7) is 2.16. The van der Waals surface area contributed by atoms with E-state index in [-0.39, 0.29) is 6.04 Å². The van der Waals surface area contributed by atoms with Crippen LogP contribution in [0.2, 0.25) is 0 Å². The van der Waals surface area contributed by atoms with Gasteiger partial charge in [-0.15, -0.1) is 0 Å². The highest BCUT2D eigenvalue weighted by Gasteiger charge is 2.27. The minimum Gasteiger partial charge on any atom is -0.316 e. The Kier molecular flexibility index (Phi) is 3.60. The number of fused-ring (bicyclic) bond motifs is 1. The third-order valence-electron chi connectivity index (χ3n) is 4.62. The second-order valence-corrected chi connectivity index (χ2v) is 6.03. The van der Waals surface area contributed by atoms with Gasteiger partial charge in [-0.25, -0.2) is 9.67 Å². The maximum Gasteiger partial charge on any atom is 0.137 e. The van der Waals surface area contributed by atoms with E-state index in [4.69, 9.17) is 0 Å². The largest absolute Gasteiger partial charge is 0.316 e. The van der Waals surface area contributed by atoms with Crippen molar-refractivity contribution in [1.29, 1.82) is 0 Å². The number of benzene rings is 2. The number of piperidine rings is 1. The fourth-order valence-electron chi connectivity index (χ4n) is 3.54. The molecule has 22 heavy (non-hydrogen) atoms. The quantitative estimate of drug-likeness (QED) is 0.807. The minimum absolute atomic E-state index is 0.250. The second kappa shape index (κ2) is 5.89. The zero-order chi connectivity index (χ0) is 14.8. The Labute approximate surface area is 130 Å². The summed E-state index contributed by atoms with van der Waals surface area (Å²) in [5.74, 6) is 0.552. The molecule has 2 heterocycles. The molecule has 1 saturated heterocycles. The van der Waals surface area contributed by atoms with E-state index >= 15 is 0 Å². The molecule has 1 aliphatic heterocycles. The zero-order valence-corrected chi connectivity index (χ0v) is 12.5. The minimum atomic E-state index is 0.250. The third kappa shape index (κ3) is 2.50. The van der Waals surface area contributed by atoms with Gasteiger partial charge in [0.1, 0.15) is 12.7 Å². The summed E-state index contributed by atoms with van der Waals surface area (Å²) < 4.78 is 2.02. The van der Waals surface area contributed by atoms with Gasteiger partial charge in [-0.3, -0.25) is 0 Å². The van der Waals surface area contributed by atoms with E-state index in [2.05, 4.69) is 57.9 Å². The number of aromatic nitrogens is 3. The van der Waals surface area contributed by atoms with Crippen molar-refractivity contribution in [2.75, 3.05) is 13.1 Å². The van der Waals surface area contributed by atoms with Gasteiger partial charge < -0.3 is 5.32 Å². The van der Waals surface area contributed by atoms with Gasteiger partial charge in [0.2, 0.25) is 0 Å². The Balaban J connectivity index is 1.78. The second-order valence-electron chi connectivity index (χ2n) is 6.03. The number of rotatable bonds is 3. The molecule has 0 spiro atoms. The van der Waals surface area contributed by atoms with Crippen LogP contribution in [0.25, 0.3) is 10.8 Å². The summed E-state index contributed by atoms with van der Waals surface area (Å²) in [5, 5.41) is 10.5. The van der Waals surface area contributed by atoms with Crippen LogP contribution in [0.3, 0.4) is 0 Å². The molecule has 2 aromatic carbocycles. The highest BCUT2D eigenvalue weighted by atomic mass is 15.3. The van der Waals surface area contributed by atoms with Crippen LogP contribution in [0.15, 0.2) is 55.1 Å². The fraction of sp³-hybridized carbons (Fsp3) is 0.333. The van der Waals surface area contributed by atoms with E-state index in [1.807, 2.05) is 11.0 Å². The van der Waals surface area contributed by atoms with Crippen molar-refractivity contribution in [3.05, 3.63) is 60.7 Å². The summed E-state index contributed by atoms with van der Waals surface area (Å²) in [4.78, 5) is 4.16. The molecule has 1 aliphatic rings. The van der Waals surface area contributed by atoms with Gasteiger partial charge in [0.25, 0.3) is 0 Å². The Morgan fingerprint density at radius 2 is 2.05 bits per heavy atom. The van der Waals surface area contributed by atoms with Crippen LogP contribution >= 0.6 is 0 Å². The molecule has 0 radical (unpaired) electrons. The van der Waals surface area contributed by atoms with E-state index in [0.717, 1.165) is 13.1 Å². The summed E-state index contributed by atoms with van der Waals surface area (Å²) in [5.41, 5.74) is 1.32. The van der Waals surface area contributed by atoms with Crippen LogP contribution in [-0.4, -0.2) is 27.9 Å². The SMILES string of the molecule is c1ccc2cc([C@H](C3CCCNC3)n3cncn3)ccc2c1. The van der Waals surface area contributed by atoms with Crippen LogP contribution in [-0.2, 0) is 0 Å². The molecule has 3 aromatic rings. The van der Waals surface area contributed by atoms with E-state index in [1.54, 1.807) is 6.33 Å². The number of nitrogens with one attached hydrogen (secondary N) is 1. The smallest absolute Gasteiger partial charge is 0.137 e. The molecule has 4 rings (SSSR count). The molecule has 0 saturated carbocycles. The molecule has 0 amide bonds. The normalized spacial score (nSPS) is 20.1. The lowest BCUT2D eigenvalue weighted by atomic mass is 9.86. The first-order chi connectivity index (χ1) is 10.9. The van der Waals surface area contributed by atoms with Crippen molar-refractivity contribution < 1.29 is 0 Å². The van der Waals surface area contributed by atoms with Crippen LogP contribution in [0.1, 0.15) is 24.4 Å². The monoisotopic (exact) mass is 292 g/mol. The topological polar surface area (TPSA) is 42.7 Å². The van der Waals surface area contributed by atoms with Crippen LogP contribution in [0, 0.1) is 5.92 Å². The van der Waals surface area contributed by atoms with Crippen molar-refractivity contribution in [3.63, 3.8) is 0 Å². The predicted octanol–water partition coefficient (Wildman–Crippen LogP) is 3.02. The van der Waals surface area contributed by atoms with E-state index < -0.39 is 0 Å². The van der Waals surface area contributed by atoms with Crippen LogP contribution in [0.4, 0.5) is 0 Å². The van der Waals surface area contributed by atoms with Crippen LogP contribution in [0.5, 0.6) is 0 Å². The van der Waals surface area contributed by atoms with E-state index in [9.17, 15) is 0 Å². The Morgan fingerprint density at radius 1 is 1.14 bits per heavy atom. The molecular weight excluding hydrogens is 272 g/mol. The molecule has 4 nitrogen and oxygen atoms in total. The van der Waals surface area contributed by atoms with Gasteiger partial charge in [-0.2, -0.15) is 5.10 Å². The van der Waals surface area contributed by atoms with E-state index in [1.165, 1.54) is 29.2 Å². The Hall–Kier alpha value is -2.20. The molecule has 1 N–H and O–H groups in total. The molecule has 4 heteroatoms. The van der Waals surface area contributed by atoms with Crippen molar-refractivity contribution in [1.82, 2.24) is 20.1 Å². The number of hydrogen-bond donors (Lipinski definition) is 1. The molecule has 112 valence electrons. The first kappa shape index (κ1) is 13.5. The summed E-state index contributed by atoms with van der Waals surface area (Å²) in [6.07, 6.45) is 5.92. The standard InChI is InChI=1S/C18H20N4/c1-2-5-15-10-16(8-7-14(15)4-1)18(22-13-20-12-21-22)17-6-3-9-19-11-17/h1-2,4-5,7-8,10,12-13,17-19H,3,6,9,11H2/t17?,18-/m1/s1. The van der Waals surface area contributed by atoms with Crippen molar-refractivity contribution in [2.24, 2.45) is 5.92 Å². The highest BCUT2D eigenvalue weighted by Crippen LogP contribution is 2.32. The number of nitrogens with zero attached hydrogens (tertiary/aromatic N) is 3. The predicted molar refractivity (Wildman–Crippen MR) is 87.7 cm³/mol. The average molecular weight is 292 g/mol. The van der Waals surface area contributed by atoms with Gasteiger partial charge in [-0.1, -0.05) is 36.4 Å². The fourth-order valence-corrected chi connectivity index (χ4v) is 3.54. The van der Waals surface area contributed by atoms with E-state index in [0.29, 0.717) is 5.92 Å². The average Bonchev–Trinajstić information content (AvgIpc) is 3.10. The van der Waals surface area contributed by atoms with Crippen LogP contribution < -0.4 is 5.32 Å². The summed E-state index contributed by atoms with van der Waals surface area (Å²) in [6, 6.07) is 15.5. The zero-order valence-electron chi connectivity index (χ0n) is 12.5. The van der Waals surface area contributed by atoms with Crippen molar-refractivity contribution in [2.45, 2.75) is 18.9 Å². The Bertz CT molecular complexity index is 745. The van der Waals surface area contributed by atoms with Gasteiger partial charge in [0, 0.05) is 6.54 Å². The molecule has 1 fully saturated rings. The summed E-state index contributed by atoms with van der Waals surface area (Å²) >= 11 is 0. The highest BCUT2D eigenvalue weighted by molar-refractivity contribution is 5.83. The van der Waals surface area contributed by atoms with Gasteiger partial charge in [0.15, 0.2) is 0 Å². The molecule has 1 aromatic heterocycles. The van der Waals surface area contributed by atoms with Gasteiger partial charge in [-0.05, 0) is 47.7 Å². The first-order valence-electron chi connectivity index (χ1n) is 7.95. The van der Waals surface area contributed by atoms with Gasteiger partial charge >= 0.3 is 0 Å². The third-order valence-corrected chi connectivity index (χ3v) is 4.62. The lowest BCUT2D eigenvalue weighted by Gasteiger charge is -2.31. The first-order valence-corrected chi connectivity index (χ1v) is 7.95. The van der Waals surface area contributed by atoms with Crippen molar-refractivity contribution in [3.8, 4) is 0 Å². The molecular formula is C18H20N4. The van der Waals surface area contributed by atoms with Gasteiger partial charge in [0.05, 0.1) is 6.04 Å². The maximum atomic E-state index is 4.43. The molecule has 1 unspecified atom stereocenters. The van der Waals surface area contributed by atoms with Crippen molar-refractivity contribution >= 4 is 10.8 Å². The molecule has 0 aliphatic carbocycles.